The van der Waals surface area contributed by atoms with Crippen LogP contribution in [0.1, 0.15) is 28.4 Å². The molecule has 21 heavy (non-hydrogen) atoms. The van der Waals surface area contributed by atoms with Gasteiger partial charge in [0.05, 0.1) is 11.6 Å². The van der Waals surface area contributed by atoms with Crippen molar-refractivity contribution in [1.82, 2.24) is 9.88 Å². The van der Waals surface area contributed by atoms with Gasteiger partial charge in [0.1, 0.15) is 4.60 Å². The Labute approximate surface area is 132 Å². The number of pyridine rings is 1. The second-order valence-electron chi connectivity index (χ2n) is 4.70. The molecule has 0 fully saturated rings. The van der Waals surface area contributed by atoms with Crippen LogP contribution in [0.15, 0.2) is 53.3 Å². The summed E-state index contributed by atoms with van der Waals surface area (Å²) in [5.41, 5.74) is 1.52. The smallest absolute Gasteiger partial charge is 0.256 e. The Balaban J connectivity index is 2.29. The molecule has 1 N–H and O–H groups in total. The standard InChI is InChI=1S/C16H17BrN2O2/c1-19(16(21)13-8-5-10-18-15(13)17)14(9-11-20)12-6-3-2-4-7-12/h2-8,10,14,20H,9,11H2,1H3. The maximum atomic E-state index is 12.6. The predicted octanol–water partition coefficient (Wildman–Crippen LogP) is 3.04. The van der Waals surface area contributed by atoms with Gasteiger partial charge in [0.15, 0.2) is 0 Å². The molecule has 2 rings (SSSR count). The summed E-state index contributed by atoms with van der Waals surface area (Å²) in [4.78, 5) is 18.4. The molecule has 0 radical (unpaired) electrons. The minimum absolute atomic E-state index is 0.0192. The van der Waals surface area contributed by atoms with E-state index >= 15 is 0 Å². The molecule has 1 aromatic carbocycles. The van der Waals surface area contributed by atoms with Crippen LogP contribution in [-0.2, 0) is 0 Å². The molecule has 2 aromatic rings. The third-order valence-corrected chi connectivity index (χ3v) is 4.00. The highest BCUT2D eigenvalue weighted by molar-refractivity contribution is 9.10. The Morgan fingerprint density at radius 3 is 2.62 bits per heavy atom. The number of aromatic nitrogens is 1. The zero-order valence-corrected chi connectivity index (χ0v) is 13.3. The molecule has 0 aliphatic heterocycles. The zero-order chi connectivity index (χ0) is 15.2. The summed E-state index contributed by atoms with van der Waals surface area (Å²) in [5, 5.41) is 9.29. The monoisotopic (exact) mass is 348 g/mol. The van der Waals surface area contributed by atoms with E-state index in [4.69, 9.17) is 0 Å². The Hall–Kier alpha value is -1.72. The third kappa shape index (κ3) is 3.68. The Bertz CT molecular complexity index is 604. The molecular weight excluding hydrogens is 332 g/mol. The topological polar surface area (TPSA) is 53.4 Å². The number of aliphatic hydroxyl groups excluding tert-OH is 1. The second kappa shape index (κ2) is 7.33. The second-order valence-corrected chi connectivity index (χ2v) is 5.45. The zero-order valence-electron chi connectivity index (χ0n) is 11.7. The van der Waals surface area contributed by atoms with E-state index in [1.807, 2.05) is 30.3 Å². The minimum atomic E-state index is -0.171. The number of rotatable bonds is 5. The van der Waals surface area contributed by atoms with E-state index in [1.54, 1.807) is 30.3 Å². The van der Waals surface area contributed by atoms with Crippen LogP contribution in [0.25, 0.3) is 0 Å². The van der Waals surface area contributed by atoms with E-state index in [9.17, 15) is 9.90 Å². The fraction of sp³-hybridized carbons (Fsp3) is 0.250. The van der Waals surface area contributed by atoms with Gasteiger partial charge in [0, 0.05) is 19.9 Å². The lowest BCUT2D eigenvalue weighted by molar-refractivity contribution is 0.0703. The summed E-state index contributed by atoms with van der Waals surface area (Å²) in [6.45, 7) is 0.0192. The van der Waals surface area contributed by atoms with Crippen molar-refractivity contribution in [3.05, 3.63) is 64.4 Å². The van der Waals surface area contributed by atoms with Crippen molar-refractivity contribution in [3.8, 4) is 0 Å². The lowest BCUT2D eigenvalue weighted by atomic mass is 10.0. The van der Waals surface area contributed by atoms with Gasteiger partial charge in [0.25, 0.3) is 5.91 Å². The maximum Gasteiger partial charge on any atom is 0.256 e. The molecule has 110 valence electrons. The molecule has 1 aromatic heterocycles. The van der Waals surface area contributed by atoms with Gasteiger partial charge in [-0.15, -0.1) is 0 Å². The van der Waals surface area contributed by atoms with Crippen molar-refractivity contribution in [2.75, 3.05) is 13.7 Å². The summed E-state index contributed by atoms with van der Waals surface area (Å²) in [5.74, 6) is -0.128. The highest BCUT2D eigenvalue weighted by Gasteiger charge is 2.23. The largest absolute Gasteiger partial charge is 0.396 e. The summed E-state index contributed by atoms with van der Waals surface area (Å²) in [7, 11) is 1.75. The molecule has 1 amide bonds. The average Bonchev–Trinajstić information content (AvgIpc) is 2.52. The van der Waals surface area contributed by atoms with Crippen LogP contribution in [0.5, 0.6) is 0 Å². The lowest BCUT2D eigenvalue weighted by Gasteiger charge is -2.28. The molecule has 1 atom stereocenters. The van der Waals surface area contributed by atoms with Crippen LogP contribution >= 0.6 is 15.9 Å². The summed E-state index contributed by atoms with van der Waals surface area (Å²) in [6, 6.07) is 13.0. The highest BCUT2D eigenvalue weighted by Crippen LogP contribution is 2.25. The maximum absolute atomic E-state index is 12.6. The molecule has 1 heterocycles. The van der Waals surface area contributed by atoms with Crippen LogP contribution < -0.4 is 0 Å². The molecular formula is C16H17BrN2O2. The fourth-order valence-electron chi connectivity index (χ4n) is 2.26. The summed E-state index contributed by atoms with van der Waals surface area (Å²) >= 11 is 3.30. The molecule has 0 bridgehead atoms. The van der Waals surface area contributed by atoms with E-state index in [1.165, 1.54) is 0 Å². The number of carbonyl (C=O) groups excluding carboxylic acids is 1. The van der Waals surface area contributed by atoms with Gasteiger partial charge < -0.3 is 10.0 Å². The van der Waals surface area contributed by atoms with Gasteiger partial charge >= 0.3 is 0 Å². The number of amides is 1. The first-order valence-corrected chi connectivity index (χ1v) is 7.48. The molecule has 0 saturated carbocycles. The molecule has 0 spiro atoms. The molecule has 0 aliphatic carbocycles. The quantitative estimate of drug-likeness (QED) is 0.845. The van der Waals surface area contributed by atoms with Crippen LogP contribution in [0.4, 0.5) is 0 Å². The van der Waals surface area contributed by atoms with Crippen molar-refractivity contribution in [2.24, 2.45) is 0 Å². The average molecular weight is 349 g/mol. The Kier molecular flexibility index (Phi) is 5.47. The number of hydrogen-bond donors (Lipinski definition) is 1. The molecule has 0 aliphatic rings. The molecule has 4 nitrogen and oxygen atoms in total. The first kappa shape index (κ1) is 15.7. The number of benzene rings is 1. The van der Waals surface area contributed by atoms with Crippen molar-refractivity contribution >= 4 is 21.8 Å². The van der Waals surface area contributed by atoms with Crippen LogP contribution in [-0.4, -0.2) is 34.6 Å². The number of nitrogens with zero attached hydrogens (tertiary/aromatic N) is 2. The van der Waals surface area contributed by atoms with Crippen molar-refractivity contribution in [2.45, 2.75) is 12.5 Å². The number of halogens is 1. The molecule has 0 saturated heterocycles. The van der Waals surface area contributed by atoms with E-state index < -0.39 is 0 Å². The van der Waals surface area contributed by atoms with Gasteiger partial charge in [-0.3, -0.25) is 4.79 Å². The minimum Gasteiger partial charge on any atom is -0.396 e. The Morgan fingerprint density at radius 2 is 2.00 bits per heavy atom. The SMILES string of the molecule is CN(C(=O)c1cccnc1Br)C(CCO)c1ccccc1. The van der Waals surface area contributed by atoms with Crippen molar-refractivity contribution in [3.63, 3.8) is 0 Å². The van der Waals surface area contributed by atoms with E-state index in [2.05, 4.69) is 20.9 Å². The van der Waals surface area contributed by atoms with Gasteiger partial charge in [-0.25, -0.2) is 4.98 Å². The number of hydrogen-bond acceptors (Lipinski definition) is 3. The molecule has 5 heteroatoms. The molecule has 1 unspecified atom stereocenters. The number of aliphatic hydroxyl groups is 1. The van der Waals surface area contributed by atoms with Gasteiger partial charge in [-0.05, 0) is 40.0 Å². The fourth-order valence-corrected chi connectivity index (χ4v) is 2.68. The summed E-state index contributed by atoms with van der Waals surface area (Å²) in [6.07, 6.45) is 2.12. The first-order chi connectivity index (χ1) is 10.1. The number of carbonyl (C=O) groups is 1. The van der Waals surface area contributed by atoms with Crippen molar-refractivity contribution < 1.29 is 9.90 Å². The van der Waals surface area contributed by atoms with Crippen LogP contribution in [0, 0.1) is 0 Å². The predicted molar refractivity (Wildman–Crippen MR) is 84.9 cm³/mol. The first-order valence-electron chi connectivity index (χ1n) is 6.68. The summed E-state index contributed by atoms with van der Waals surface area (Å²) < 4.78 is 0.526. The van der Waals surface area contributed by atoms with Crippen LogP contribution in [0.2, 0.25) is 0 Å². The van der Waals surface area contributed by atoms with Gasteiger partial charge in [-0.1, -0.05) is 30.3 Å². The van der Waals surface area contributed by atoms with Gasteiger partial charge in [0.2, 0.25) is 0 Å². The van der Waals surface area contributed by atoms with Crippen molar-refractivity contribution in [1.29, 1.82) is 0 Å². The highest BCUT2D eigenvalue weighted by atomic mass is 79.9. The normalized spacial score (nSPS) is 12.0. The van der Waals surface area contributed by atoms with Crippen LogP contribution in [0.3, 0.4) is 0 Å². The van der Waals surface area contributed by atoms with E-state index in [0.717, 1.165) is 5.56 Å². The lowest BCUT2D eigenvalue weighted by Crippen LogP contribution is -2.32. The third-order valence-electron chi connectivity index (χ3n) is 3.36. The van der Waals surface area contributed by atoms with E-state index in [-0.39, 0.29) is 18.6 Å². The van der Waals surface area contributed by atoms with E-state index in [0.29, 0.717) is 16.6 Å². The van der Waals surface area contributed by atoms with Gasteiger partial charge in [-0.2, -0.15) is 0 Å². The Morgan fingerprint density at radius 1 is 1.29 bits per heavy atom.